The summed E-state index contributed by atoms with van der Waals surface area (Å²) in [4.78, 5) is 36.1. The molecular formula is C31H32FN7O3. The number of ketones is 1. The van der Waals surface area contributed by atoms with Crippen molar-refractivity contribution in [2.24, 2.45) is 0 Å². The summed E-state index contributed by atoms with van der Waals surface area (Å²) >= 11 is 0. The van der Waals surface area contributed by atoms with Gasteiger partial charge in [0.05, 0.1) is 18.7 Å². The molecule has 1 fully saturated rings. The smallest absolute Gasteiger partial charge is 0.294 e. The summed E-state index contributed by atoms with van der Waals surface area (Å²) in [7, 11) is 0. The quantitative estimate of drug-likeness (QED) is 0.253. The Labute approximate surface area is 242 Å². The van der Waals surface area contributed by atoms with Crippen molar-refractivity contribution in [3.05, 3.63) is 77.5 Å². The maximum Gasteiger partial charge on any atom is 0.294 e. The molecule has 0 saturated carbocycles. The number of rotatable bonds is 8. The molecule has 6 rings (SSSR count). The van der Waals surface area contributed by atoms with Gasteiger partial charge in [-0.15, -0.1) is 0 Å². The van der Waals surface area contributed by atoms with Crippen molar-refractivity contribution in [3.8, 4) is 22.6 Å². The normalized spacial score (nSPS) is 14.5. The summed E-state index contributed by atoms with van der Waals surface area (Å²) in [5.74, 6) is 0.290. The Morgan fingerprint density at radius 3 is 2.62 bits per heavy atom. The second-order valence-corrected chi connectivity index (χ2v) is 11.5. The van der Waals surface area contributed by atoms with Crippen molar-refractivity contribution < 1.29 is 18.4 Å². The van der Waals surface area contributed by atoms with Crippen LogP contribution in [0.25, 0.3) is 33.8 Å². The summed E-state index contributed by atoms with van der Waals surface area (Å²) < 4.78 is 25.8. The Morgan fingerprint density at radius 2 is 1.90 bits per heavy atom. The molecule has 5 heterocycles. The van der Waals surface area contributed by atoms with Crippen molar-refractivity contribution in [2.45, 2.75) is 45.6 Å². The third-order valence-corrected chi connectivity index (χ3v) is 7.29. The van der Waals surface area contributed by atoms with Crippen LogP contribution in [0.1, 0.15) is 54.8 Å². The number of H-pyrrole nitrogens is 1. The summed E-state index contributed by atoms with van der Waals surface area (Å²) in [6, 6.07) is 10.8. The third-order valence-electron chi connectivity index (χ3n) is 7.29. The summed E-state index contributed by atoms with van der Waals surface area (Å²) in [5.41, 5.74) is 4.58. The number of fused-ring (bicyclic) bond motifs is 1. The molecule has 0 unspecified atom stereocenters. The van der Waals surface area contributed by atoms with Gasteiger partial charge in [-0.2, -0.15) is 4.98 Å². The molecule has 1 aliphatic heterocycles. The van der Waals surface area contributed by atoms with E-state index in [2.05, 4.69) is 41.0 Å². The molecule has 10 nitrogen and oxygen atoms in total. The molecule has 0 bridgehead atoms. The van der Waals surface area contributed by atoms with Gasteiger partial charge in [0.1, 0.15) is 11.5 Å². The summed E-state index contributed by atoms with van der Waals surface area (Å²) in [5, 5.41) is 3.89. The molecule has 42 heavy (non-hydrogen) atoms. The zero-order valence-electron chi connectivity index (χ0n) is 23.9. The Kier molecular flexibility index (Phi) is 7.61. The monoisotopic (exact) mass is 569 g/mol. The predicted octanol–water partition coefficient (Wildman–Crippen LogP) is 5.15. The number of halogens is 1. The van der Waals surface area contributed by atoms with Crippen LogP contribution in [-0.2, 0) is 23.1 Å². The number of imidazole rings is 1. The molecule has 216 valence electrons. The van der Waals surface area contributed by atoms with Crippen LogP contribution in [0, 0.1) is 5.82 Å². The van der Waals surface area contributed by atoms with Crippen molar-refractivity contribution in [1.29, 1.82) is 0 Å². The standard InChI is InChI=1S/C31H32FN7O3/c1-31(2,3)30-37-29(42-38-30)25(40)9-7-20-5-6-21(16-23(20)32)22-10-11-33-28-26(22)35-27(36-28)24-8-4-19(17-34-24)18-39-12-14-41-15-13-39/h4-6,8,10-11,16-17H,7,9,12-15,18H2,1-3H3,(H,33,35,36). The van der Waals surface area contributed by atoms with Crippen molar-refractivity contribution in [2.75, 3.05) is 26.3 Å². The number of morpholine rings is 1. The molecule has 1 aromatic carbocycles. The molecule has 1 N–H and O–H groups in total. The third kappa shape index (κ3) is 5.97. The topological polar surface area (TPSA) is 123 Å². The number of ether oxygens (including phenoxy) is 1. The van der Waals surface area contributed by atoms with Gasteiger partial charge in [0.2, 0.25) is 5.78 Å². The van der Waals surface area contributed by atoms with Crippen molar-refractivity contribution >= 4 is 16.9 Å². The Morgan fingerprint density at radius 1 is 1.07 bits per heavy atom. The molecule has 0 amide bonds. The van der Waals surface area contributed by atoms with Crippen LogP contribution in [0.5, 0.6) is 0 Å². The van der Waals surface area contributed by atoms with Crippen LogP contribution < -0.4 is 0 Å². The van der Waals surface area contributed by atoms with Gasteiger partial charge in [0.15, 0.2) is 17.3 Å². The molecule has 4 aromatic heterocycles. The number of nitrogens with one attached hydrogen (secondary N) is 1. The maximum atomic E-state index is 15.2. The maximum absolute atomic E-state index is 15.2. The van der Waals surface area contributed by atoms with E-state index in [1.54, 1.807) is 12.3 Å². The van der Waals surface area contributed by atoms with E-state index in [4.69, 9.17) is 9.26 Å². The lowest BCUT2D eigenvalue weighted by Crippen LogP contribution is -2.35. The highest BCUT2D eigenvalue weighted by Crippen LogP contribution is 2.30. The number of carbonyl (C=O) groups is 1. The highest BCUT2D eigenvalue weighted by atomic mass is 19.1. The largest absolute Gasteiger partial charge is 0.379 e. The number of hydrogen-bond acceptors (Lipinski definition) is 9. The fourth-order valence-electron chi connectivity index (χ4n) is 4.86. The number of hydrogen-bond donors (Lipinski definition) is 1. The van der Waals surface area contributed by atoms with Gasteiger partial charge >= 0.3 is 0 Å². The van der Waals surface area contributed by atoms with Crippen LogP contribution in [0.3, 0.4) is 0 Å². The Balaban J connectivity index is 1.17. The highest BCUT2D eigenvalue weighted by Gasteiger charge is 2.24. The lowest BCUT2D eigenvalue weighted by Gasteiger charge is -2.26. The second-order valence-electron chi connectivity index (χ2n) is 11.5. The molecule has 1 saturated heterocycles. The number of aromatic amines is 1. The summed E-state index contributed by atoms with van der Waals surface area (Å²) in [6.45, 7) is 9.98. The minimum atomic E-state index is -0.400. The minimum Gasteiger partial charge on any atom is -0.379 e. The molecule has 5 aromatic rings. The van der Waals surface area contributed by atoms with E-state index in [0.29, 0.717) is 39.6 Å². The molecule has 0 atom stereocenters. The highest BCUT2D eigenvalue weighted by molar-refractivity contribution is 5.92. The van der Waals surface area contributed by atoms with Crippen molar-refractivity contribution in [1.82, 2.24) is 35.0 Å². The van der Waals surface area contributed by atoms with Crippen LogP contribution in [0.2, 0.25) is 0 Å². The van der Waals surface area contributed by atoms with Gasteiger partial charge < -0.3 is 14.2 Å². The lowest BCUT2D eigenvalue weighted by molar-refractivity contribution is 0.0341. The Hall–Kier alpha value is -4.35. The molecule has 11 heteroatoms. The minimum absolute atomic E-state index is 0.0487. The predicted molar refractivity (Wildman–Crippen MR) is 154 cm³/mol. The van der Waals surface area contributed by atoms with Gasteiger partial charge in [0.25, 0.3) is 5.89 Å². The van der Waals surface area contributed by atoms with E-state index in [9.17, 15) is 4.79 Å². The molecule has 0 radical (unpaired) electrons. The molecule has 0 aliphatic carbocycles. The van der Waals surface area contributed by atoms with Gasteiger partial charge in [-0.3, -0.25) is 14.7 Å². The van der Waals surface area contributed by atoms with E-state index in [1.807, 2.05) is 45.2 Å². The average Bonchev–Trinajstić information content (AvgIpc) is 3.66. The van der Waals surface area contributed by atoms with Gasteiger partial charge in [-0.05, 0) is 41.3 Å². The number of Topliss-reactive ketones (excluding diaryl/α,β-unsaturated/α-hetero) is 1. The summed E-state index contributed by atoms with van der Waals surface area (Å²) in [6.07, 6.45) is 3.80. The van der Waals surface area contributed by atoms with Crippen LogP contribution >= 0.6 is 0 Å². The first-order chi connectivity index (χ1) is 20.2. The van der Waals surface area contributed by atoms with E-state index in [1.165, 1.54) is 6.07 Å². The van der Waals surface area contributed by atoms with E-state index >= 15 is 4.39 Å². The Bertz CT molecular complexity index is 1720. The number of aromatic nitrogens is 6. The average molecular weight is 570 g/mol. The number of carbonyl (C=O) groups excluding carboxylic acids is 1. The van der Waals surface area contributed by atoms with E-state index in [0.717, 1.165) is 44.0 Å². The first-order valence-electron chi connectivity index (χ1n) is 14.0. The van der Waals surface area contributed by atoms with Crippen LogP contribution in [0.15, 0.2) is 53.3 Å². The zero-order chi connectivity index (χ0) is 29.3. The molecule has 0 spiro atoms. The number of aryl methyl sites for hydroxylation is 1. The van der Waals surface area contributed by atoms with E-state index < -0.39 is 5.82 Å². The number of benzene rings is 1. The van der Waals surface area contributed by atoms with Gasteiger partial charge in [-0.1, -0.05) is 44.1 Å². The van der Waals surface area contributed by atoms with Crippen LogP contribution in [0.4, 0.5) is 4.39 Å². The number of nitrogens with zero attached hydrogens (tertiary/aromatic N) is 6. The zero-order valence-corrected chi connectivity index (χ0v) is 23.9. The fraction of sp³-hybridized carbons (Fsp3) is 0.355. The molecule has 1 aliphatic rings. The first kappa shape index (κ1) is 27.8. The first-order valence-corrected chi connectivity index (χ1v) is 14.0. The molecular weight excluding hydrogens is 537 g/mol. The van der Waals surface area contributed by atoms with Gasteiger partial charge in [0, 0.05) is 49.4 Å². The number of pyridine rings is 2. The fourth-order valence-corrected chi connectivity index (χ4v) is 4.86. The van der Waals surface area contributed by atoms with Crippen LogP contribution in [-0.4, -0.2) is 67.1 Å². The SMILES string of the molecule is CC(C)(C)c1noc(C(=O)CCc2ccc(-c3ccnc4nc(-c5ccc(CN6CCOCC6)cn5)[nH]c34)cc2F)n1. The lowest BCUT2D eigenvalue weighted by atomic mass is 9.96. The second kappa shape index (κ2) is 11.5. The van der Waals surface area contributed by atoms with Gasteiger partial charge in [-0.25, -0.2) is 14.4 Å². The van der Waals surface area contributed by atoms with Crippen molar-refractivity contribution in [3.63, 3.8) is 0 Å². The van der Waals surface area contributed by atoms with E-state index in [-0.39, 0.29) is 29.9 Å².